The first-order valence-electron chi connectivity index (χ1n) is 5.56. The molecule has 0 aliphatic rings. The van der Waals surface area contributed by atoms with Crippen LogP contribution in [-0.2, 0) is 0 Å². The Bertz CT molecular complexity index is 836. The van der Waals surface area contributed by atoms with Crippen molar-refractivity contribution in [2.24, 2.45) is 0 Å². The number of H-pyrrole nitrogens is 1. The van der Waals surface area contributed by atoms with Gasteiger partial charge in [-0.2, -0.15) is 9.50 Å². The summed E-state index contributed by atoms with van der Waals surface area (Å²) in [6.07, 6.45) is 0. The minimum absolute atomic E-state index is 0.221. The van der Waals surface area contributed by atoms with Gasteiger partial charge >= 0.3 is 0 Å². The number of hydrogen-bond acceptors (Lipinski definition) is 4. The molecular formula is C12H10ClN5O. The summed E-state index contributed by atoms with van der Waals surface area (Å²) in [7, 11) is 0. The van der Waals surface area contributed by atoms with Gasteiger partial charge in [0.15, 0.2) is 5.82 Å². The van der Waals surface area contributed by atoms with Crippen molar-refractivity contribution in [3.8, 4) is 11.4 Å². The number of aromatic nitrogens is 4. The van der Waals surface area contributed by atoms with Gasteiger partial charge in [0.1, 0.15) is 0 Å². The van der Waals surface area contributed by atoms with E-state index in [1.807, 2.05) is 0 Å². The van der Waals surface area contributed by atoms with Crippen LogP contribution in [0.15, 0.2) is 29.1 Å². The lowest BCUT2D eigenvalue weighted by Gasteiger charge is -2.01. The van der Waals surface area contributed by atoms with E-state index in [2.05, 4.69) is 15.1 Å². The molecule has 0 amide bonds. The fourth-order valence-corrected chi connectivity index (χ4v) is 2.02. The Labute approximate surface area is 112 Å². The molecule has 2 heterocycles. The van der Waals surface area contributed by atoms with Crippen LogP contribution < -0.4 is 11.3 Å². The highest BCUT2D eigenvalue weighted by molar-refractivity contribution is 6.31. The summed E-state index contributed by atoms with van der Waals surface area (Å²) in [6.45, 7) is 1.74. The number of nitrogens with one attached hydrogen (secondary N) is 1. The number of rotatable bonds is 1. The van der Waals surface area contributed by atoms with E-state index in [1.54, 1.807) is 25.1 Å². The van der Waals surface area contributed by atoms with E-state index in [-0.39, 0.29) is 5.56 Å². The van der Waals surface area contributed by atoms with Gasteiger partial charge in [0, 0.05) is 28.0 Å². The smallest absolute Gasteiger partial charge is 0.274 e. The number of nitrogens with two attached hydrogens (primary N) is 1. The van der Waals surface area contributed by atoms with Crippen molar-refractivity contribution in [2.75, 3.05) is 5.73 Å². The van der Waals surface area contributed by atoms with E-state index in [9.17, 15) is 4.79 Å². The SMILES string of the molecule is Cc1cc(=O)n2[nH]c(-c3cc(Cl)ccc3N)nc2n1. The second kappa shape index (κ2) is 4.10. The zero-order chi connectivity index (χ0) is 13.6. The van der Waals surface area contributed by atoms with Crippen molar-refractivity contribution in [3.63, 3.8) is 0 Å². The third-order valence-electron chi connectivity index (χ3n) is 2.73. The van der Waals surface area contributed by atoms with Gasteiger partial charge in [-0.25, -0.2) is 4.98 Å². The van der Waals surface area contributed by atoms with Crippen LogP contribution >= 0.6 is 11.6 Å². The monoisotopic (exact) mass is 275 g/mol. The molecule has 7 heteroatoms. The Morgan fingerprint density at radius 3 is 2.89 bits per heavy atom. The number of nitrogen functional groups attached to an aromatic ring is 1. The number of benzene rings is 1. The maximum absolute atomic E-state index is 11.8. The van der Waals surface area contributed by atoms with Gasteiger partial charge in [-0.3, -0.25) is 9.89 Å². The van der Waals surface area contributed by atoms with Crippen molar-refractivity contribution in [3.05, 3.63) is 45.3 Å². The summed E-state index contributed by atoms with van der Waals surface area (Å²) in [6, 6.07) is 6.49. The normalized spacial score (nSPS) is 11.1. The van der Waals surface area contributed by atoms with E-state index in [0.717, 1.165) is 0 Å². The predicted octanol–water partition coefficient (Wildman–Crippen LogP) is 1.63. The Kier molecular flexibility index (Phi) is 2.53. The first kappa shape index (κ1) is 11.7. The fraction of sp³-hybridized carbons (Fsp3) is 0.0833. The van der Waals surface area contributed by atoms with Crippen LogP contribution in [0.1, 0.15) is 5.69 Å². The summed E-state index contributed by atoms with van der Waals surface area (Å²) >= 11 is 5.94. The Morgan fingerprint density at radius 1 is 1.32 bits per heavy atom. The maximum Gasteiger partial charge on any atom is 0.274 e. The van der Waals surface area contributed by atoms with Gasteiger partial charge in [-0.1, -0.05) is 11.6 Å². The molecule has 0 radical (unpaired) electrons. The van der Waals surface area contributed by atoms with Crippen LogP contribution in [-0.4, -0.2) is 19.6 Å². The Hall–Kier alpha value is -2.34. The summed E-state index contributed by atoms with van der Waals surface area (Å²) in [5.41, 5.74) is 7.43. The van der Waals surface area contributed by atoms with Crippen LogP contribution in [0.2, 0.25) is 5.02 Å². The average Bonchev–Trinajstić information content (AvgIpc) is 2.76. The largest absolute Gasteiger partial charge is 0.398 e. The predicted molar refractivity (Wildman–Crippen MR) is 73.2 cm³/mol. The summed E-state index contributed by atoms with van der Waals surface area (Å²) in [5.74, 6) is 0.759. The lowest BCUT2D eigenvalue weighted by molar-refractivity contribution is 0.892. The molecule has 0 saturated carbocycles. The zero-order valence-electron chi connectivity index (χ0n) is 10.0. The summed E-state index contributed by atoms with van der Waals surface area (Å²) in [4.78, 5) is 20.2. The molecule has 2 aromatic heterocycles. The molecule has 0 aliphatic heterocycles. The average molecular weight is 276 g/mol. The van der Waals surface area contributed by atoms with E-state index in [0.29, 0.717) is 33.6 Å². The van der Waals surface area contributed by atoms with Crippen LogP contribution in [0, 0.1) is 6.92 Å². The van der Waals surface area contributed by atoms with Gasteiger partial charge < -0.3 is 5.73 Å². The number of nitrogens with zero attached hydrogens (tertiary/aromatic N) is 3. The van der Waals surface area contributed by atoms with Crippen LogP contribution in [0.4, 0.5) is 5.69 Å². The molecule has 6 nitrogen and oxygen atoms in total. The maximum atomic E-state index is 11.8. The number of hydrogen-bond donors (Lipinski definition) is 2. The molecule has 0 aliphatic carbocycles. The molecule has 0 saturated heterocycles. The Balaban J connectivity index is 2.29. The quantitative estimate of drug-likeness (QED) is 0.661. The third-order valence-corrected chi connectivity index (χ3v) is 2.96. The first-order valence-corrected chi connectivity index (χ1v) is 5.94. The highest BCUT2D eigenvalue weighted by Crippen LogP contribution is 2.26. The Morgan fingerprint density at radius 2 is 2.11 bits per heavy atom. The van der Waals surface area contributed by atoms with Gasteiger partial charge in [0.2, 0.25) is 0 Å². The number of aryl methyl sites for hydroxylation is 1. The molecule has 0 fully saturated rings. The number of aromatic amines is 1. The molecule has 3 aromatic rings. The van der Waals surface area contributed by atoms with E-state index < -0.39 is 0 Å². The number of anilines is 1. The van der Waals surface area contributed by atoms with Gasteiger partial charge in [-0.05, 0) is 25.1 Å². The minimum atomic E-state index is -0.221. The van der Waals surface area contributed by atoms with E-state index in [4.69, 9.17) is 17.3 Å². The van der Waals surface area contributed by atoms with Crippen LogP contribution in [0.3, 0.4) is 0 Å². The summed E-state index contributed by atoms with van der Waals surface area (Å²) in [5, 5.41) is 3.41. The highest BCUT2D eigenvalue weighted by atomic mass is 35.5. The first-order chi connectivity index (χ1) is 9.04. The third kappa shape index (κ3) is 1.96. The van der Waals surface area contributed by atoms with Crippen molar-refractivity contribution in [1.29, 1.82) is 0 Å². The van der Waals surface area contributed by atoms with Gasteiger partial charge in [-0.15, -0.1) is 0 Å². The number of fused-ring (bicyclic) bond motifs is 1. The molecule has 1 aromatic carbocycles. The fourth-order valence-electron chi connectivity index (χ4n) is 1.85. The molecule has 96 valence electrons. The van der Waals surface area contributed by atoms with Crippen molar-refractivity contribution < 1.29 is 0 Å². The van der Waals surface area contributed by atoms with E-state index in [1.165, 1.54) is 10.6 Å². The number of halogens is 1. The lowest BCUT2D eigenvalue weighted by atomic mass is 10.2. The van der Waals surface area contributed by atoms with E-state index >= 15 is 0 Å². The van der Waals surface area contributed by atoms with Gasteiger partial charge in [0.05, 0.1) is 0 Å². The van der Waals surface area contributed by atoms with Gasteiger partial charge in [0.25, 0.3) is 11.3 Å². The standard InChI is InChI=1S/C12H10ClN5O/c1-6-4-10(19)18-12(15-6)16-11(17-18)8-5-7(13)2-3-9(8)14/h2-5H,14H2,1H3,(H,15,16,17). The second-order valence-electron chi connectivity index (χ2n) is 4.17. The minimum Gasteiger partial charge on any atom is -0.398 e. The van der Waals surface area contributed by atoms with Crippen LogP contribution in [0.25, 0.3) is 17.2 Å². The topological polar surface area (TPSA) is 89.1 Å². The molecule has 3 rings (SSSR count). The highest BCUT2D eigenvalue weighted by Gasteiger charge is 2.11. The molecular weight excluding hydrogens is 266 g/mol. The zero-order valence-corrected chi connectivity index (χ0v) is 10.8. The van der Waals surface area contributed by atoms with Crippen molar-refractivity contribution in [1.82, 2.24) is 19.6 Å². The molecule has 3 N–H and O–H groups in total. The summed E-state index contributed by atoms with van der Waals surface area (Å²) < 4.78 is 1.27. The molecule has 0 atom stereocenters. The van der Waals surface area contributed by atoms with Crippen molar-refractivity contribution in [2.45, 2.75) is 6.92 Å². The molecule has 0 spiro atoms. The molecule has 0 unspecified atom stereocenters. The second-order valence-corrected chi connectivity index (χ2v) is 4.61. The van der Waals surface area contributed by atoms with Crippen LogP contribution in [0.5, 0.6) is 0 Å². The molecule has 19 heavy (non-hydrogen) atoms. The van der Waals surface area contributed by atoms with Crippen molar-refractivity contribution >= 4 is 23.1 Å². The molecule has 0 bridgehead atoms. The lowest BCUT2D eigenvalue weighted by Crippen LogP contribution is -2.14.